The standard InChI is InChI=1S/C14H20N2O3/c1-18-11-6-3-7-12(19-2)13(11)14(17)16-10-5-4-8-15-9-10/h3,6-7,10,15H,4-5,8-9H2,1-2H3,(H,16,17)/t10-/m1/s1. The van der Waals surface area contributed by atoms with Gasteiger partial charge in [-0.3, -0.25) is 4.79 Å². The summed E-state index contributed by atoms with van der Waals surface area (Å²) in [6, 6.07) is 5.49. The van der Waals surface area contributed by atoms with Crippen molar-refractivity contribution in [2.24, 2.45) is 0 Å². The SMILES string of the molecule is COc1cccc(OC)c1C(=O)N[C@@H]1CCCNC1. The summed E-state index contributed by atoms with van der Waals surface area (Å²) in [4.78, 5) is 12.4. The summed E-state index contributed by atoms with van der Waals surface area (Å²) >= 11 is 0. The number of hydrogen-bond donors (Lipinski definition) is 2. The Hall–Kier alpha value is -1.75. The predicted octanol–water partition coefficient (Wildman–Crippen LogP) is 1.19. The van der Waals surface area contributed by atoms with Gasteiger partial charge in [-0.25, -0.2) is 0 Å². The lowest BCUT2D eigenvalue weighted by atomic mass is 10.1. The summed E-state index contributed by atoms with van der Waals surface area (Å²) < 4.78 is 10.5. The highest BCUT2D eigenvalue weighted by atomic mass is 16.5. The van der Waals surface area contributed by atoms with Crippen LogP contribution in [0.1, 0.15) is 23.2 Å². The Labute approximate surface area is 113 Å². The molecule has 0 aromatic heterocycles. The number of nitrogens with one attached hydrogen (secondary N) is 2. The fourth-order valence-corrected chi connectivity index (χ4v) is 2.31. The molecule has 1 saturated heterocycles. The Balaban J connectivity index is 2.17. The highest BCUT2D eigenvalue weighted by molar-refractivity contribution is 5.99. The molecule has 5 heteroatoms. The molecule has 19 heavy (non-hydrogen) atoms. The van der Waals surface area contributed by atoms with Crippen LogP contribution in [-0.2, 0) is 0 Å². The summed E-state index contributed by atoms with van der Waals surface area (Å²) in [5.74, 6) is 0.907. The van der Waals surface area contributed by atoms with Gasteiger partial charge in [0.2, 0.25) is 0 Å². The fourth-order valence-electron chi connectivity index (χ4n) is 2.31. The highest BCUT2D eigenvalue weighted by Gasteiger charge is 2.22. The van der Waals surface area contributed by atoms with Crippen LogP contribution >= 0.6 is 0 Å². The normalized spacial score (nSPS) is 18.7. The van der Waals surface area contributed by atoms with Crippen molar-refractivity contribution < 1.29 is 14.3 Å². The summed E-state index contributed by atoms with van der Waals surface area (Å²) in [5, 5.41) is 6.29. The van der Waals surface area contributed by atoms with E-state index in [1.165, 1.54) is 0 Å². The van der Waals surface area contributed by atoms with Gasteiger partial charge in [0.1, 0.15) is 17.1 Å². The van der Waals surface area contributed by atoms with Crippen molar-refractivity contribution in [3.8, 4) is 11.5 Å². The van der Waals surface area contributed by atoms with Gasteiger partial charge in [-0.1, -0.05) is 6.07 Å². The van der Waals surface area contributed by atoms with E-state index >= 15 is 0 Å². The van der Waals surface area contributed by atoms with Crippen molar-refractivity contribution in [2.75, 3.05) is 27.3 Å². The van der Waals surface area contributed by atoms with Crippen LogP contribution in [0.2, 0.25) is 0 Å². The van der Waals surface area contributed by atoms with Gasteiger partial charge in [0, 0.05) is 12.6 Å². The molecule has 1 aromatic carbocycles. The van der Waals surface area contributed by atoms with E-state index in [0.717, 1.165) is 25.9 Å². The van der Waals surface area contributed by atoms with Crippen LogP contribution in [0.25, 0.3) is 0 Å². The number of rotatable bonds is 4. The van der Waals surface area contributed by atoms with E-state index in [1.54, 1.807) is 32.4 Å². The predicted molar refractivity (Wildman–Crippen MR) is 72.9 cm³/mol. The average molecular weight is 264 g/mol. The number of amides is 1. The molecule has 0 radical (unpaired) electrons. The maximum Gasteiger partial charge on any atom is 0.259 e. The number of piperidine rings is 1. The van der Waals surface area contributed by atoms with Gasteiger partial charge in [0.15, 0.2) is 0 Å². The fraction of sp³-hybridized carbons (Fsp3) is 0.500. The average Bonchev–Trinajstić information content (AvgIpc) is 2.47. The molecule has 2 rings (SSSR count). The monoisotopic (exact) mass is 264 g/mol. The molecule has 0 spiro atoms. The van der Waals surface area contributed by atoms with Crippen LogP contribution in [0.15, 0.2) is 18.2 Å². The molecule has 1 heterocycles. The van der Waals surface area contributed by atoms with E-state index in [9.17, 15) is 4.79 Å². The Kier molecular flexibility index (Phi) is 4.63. The van der Waals surface area contributed by atoms with Crippen molar-refractivity contribution in [1.82, 2.24) is 10.6 Å². The second-order valence-electron chi connectivity index (χ2n) is 4.55. The zero-order valence-corrected chi connectivity index (χ0v) is 11.4. The van der Waals surface area contributed by atoms with Gasteiger partial charge >= 0.3 is 0 Å². The Morgan fingerprint density at radius 1 is 1.32 bits per heavy atom. The van der Waals surface area contributed by atoms with Crippen molar-refractivity contribution >= 4 is 5.91 Å². The first kappa shape index (κ1) is 13.7. The molecule has 5 nitrogen and oxygen atoms in total. The van der Waals surface area contributed by atoms with Crippen molar-refractivity contribution in [3.05, 3.63) is 23.8 Å². The number of ether oxygens (including phenoxy) is 2. The molecular weight excluding hydrogens is 244 g/mol. The smallest absolute Gasteiger partial charge is 0.259 e. The molecular formula is C14H20N2O3. The number of hydrogen-bond acceptors (Lipinski definition) is 4. The van der Waals surface area contributed by atoms with E-state index in [2.05, 4.69) is 10.6 Å². The minimum Gasteiger partial charge on any atom is -0.496 e. The van der Waals surface area contributed by atoms with Crippen LogP contribution < -0.4 is 20.1 Å². The van der Waals surface area contributed by atoms with E-state index in [4.69, 9.17) is 9.47 Å². The van der Waals surface area contributed by atoms with Crippen LogP contribution in [0.3, 0.4) is 0 Å². The van der Waals surface area contributed by atoms with Gasteiger partial charge in [-0.15, -0.1) is 0 Å². The van der Waals surface area contributed by atoms with Gasteiger partial charge in [-0.2, -0.15) is 0 Å². The van der Waals surface area contributed by atoms with E-state index in [-0.39, 0.29) is 11.9 Å². The molecule has 1 aliphatic rings. The highest BCUT2D eigenvalue weighted by Crippen LogP contribution is 2.28. The second-order valence-corrected chi connectivity index (χ2v) is 4.55. The zero-order valence-electron chi connectivity index (χ0n) is 11.4. The van der Waals surface area contributed by atoms with Crippen molar-refractivity contribution in [2.45, 2.75) is 18.9 Å². The molecule has 1 aromatic rings. The van der Waals surface area contributed by atoms with Crippen molar-refractivity contribution in [1.29, 1.82) is 0 Å². The molecule has 0 unspecified atom stereocenters. The molecule has 1 amide bonds. The summed E-state index contributed by atoms with van der Waals surface area (Å²) in [6.45, 7) is 1.83. The quantitative estimate of drug-likeness (QED) is 0.857. The third-order valence-electron chi connectivity index (χ3n) is 3.29. The van der Waals surface area contributed by atoms with Gasteiger partial charge in [0.05, 0.1) is 14.2 Å². The first-order valence-corrected chi connectivity index (χ1v) is 6.49. The molecule has 1 fully saturated rings. The van der Waals surface area contributed by atoms with E-state index in [1.807, 2.05) is 0 Å². The summed E-state index contributed by atoms with van der Waals surface area (Å²) in [6.07, 6.45) is 2.07. The second kappa shape index (κ2) is 6.43. The van der Waals surface area contributed by atoms with Gasteiger partial charge < -0.3 is 20.1 Å². The third kappa shape index (κ3) is 3.17. The maximum atomic E-state index is 12.4. The van der Waals surface area contributed by atoms with Crippen LogP contribution in [0.4, 0.5) is 0 Å². The Morgan fingerprint density at radius 2 is 2.00 bits per heavy atom. The molecule has 0 saturated carbocycles. The van der Waals surface area contributed by atoms with Gasteiger partial charge in [-0.05, 0) is 31.5 Å². The first-order valence-electron chi connectivity index (χ1n) is 6.49. The molecule has 1 aliphatic heterocycles. The number of methoxy groups -OCH3 is 2. The summed E-state index contributed by atoms with van der Waals surface area (Å²) in [7, 11) is 3.10. The molecule has 0 aliphatic carbocycles. The largest absolute Gasteiger partial charge is 0.496 e. The molecule has 1 atom stereocenters. The maximum absolute atomic E-state index is 12.4. The van der Waals surface area contributed by atoms with Gasteiger partial charge in [0.25, 0.3) is 5.91 Å². The topological polar surface area (TPSA) is 59.6 Å². The first-order chi connectivity index (χ1) is 9.26. The number of carbonyl (C=O) groups is 1. The van der Waals surface area contributed by atoms with Crippen molar-refractivity contribution in [3.63, 3.8) is 0 Å². The molecule has 0 bridgehead atoms. The minimum absolute atomic E-state index is 0.150. The lowest BCUT2D eigenvalue weighted by Crippen LogP contribution is -2.45. The number of carbonyl (C=O) groups excluding carboxylic acids is 1. The molecule has 2 N–H and O–H groups in total. The Bertz CT molecular complexity index is 420. The van der Waals surface area contributed by atoms with E-state index < -0.39 is 0 Å². The minimum atomic E-state index is -0.150. The molecule has 104 valence electrons. The Morgan fingerprint density at radius 3 is 2.53 bits per heavy atom. The lowest BCUT2D eigenvalue weighted by molar-refractivity contribution is 0.0924. The zero-order chi connectivity index (χ0) is 13.7. The van der Waals surface area contributed by atoms with Crippen LogP contribution in [0.5, 0.6) is 11.5 Å². The van der Waals surface area contributed by atoms with Crippen LogP contribution in [-0.4, -0.2) is 39.3 Å². The lowest BCUT2D eigenvalue weighted by Gasteiger charge is -2.24. The van der Waals surface area contributed by atoms with Crippen LogP contribution in [0, 0.1) is 0 Å². The number of benzene rings is 1. The third-order valence-corrected chi connectivity index (χ3v) is 3.29. The summed E-state index contributed by atoms with van der Waals surface area (Å²) in [5.41, 5.74) is 0.457. The van der Waals surface area contributed by atoms with E-state index in [0.29, 0.717) is 17.1 Å².